The van der Waals surface area contributed by atoms with Crippen molar-refractivity contribution in [3.63, 3.8) is 0 Å². The molecule has 0 bridgehead atoms. The highest BCUT2D eigenvalue weighted by atomic mass is 16.7. The highest BCUT2D eigenvalue weighted by molar-refractivity contribution is 5.14. The Bertz CT molecular complexity index is 644. The van der Waals surface area contributed by atoms with Gasteiger partial charge in [-0.15, -0.1) is 0 Å². The fraction of sp³-hybridized carbons (Fsp3) is 0.455. The molecule has 26 heavy (non-hydrogen) atoms. The van der Waals surface area contributed by atoms with Crippen LogP contribution in [0, 0.1) is 11.8 Å². The predicted molar refractivity (Wildman–Crippen MR) is 100 cm³/mol. The van der Waals surface area contributed by atoms with Gasteiger partial charge in [0.2, 0.25) is 0 Å². The van der Waals surface area contributed by atoms with Gasteiger partial charge in [0, 0.05) is 11.8 Å². The molecule has 1 saturated heterocycles. The van der Waals surface area contributed by atoms with Gasteiger partial charge in [-0.25, -0.2) is 0 Å². The second-order valence-electron chi connectivity index (χ2n) is 7.05. The van der Waals surface area contributed by atoms with E-state index in [2.05, 4.69) is 0 Å². The molecule has 0 aromatic heterocycles. The Hall–Kier alpha value is -1.72. The van der Waals surface area contributed by atoms with Crippen LogP contribution in [0.5, 0.6) is 0 Å². The summed E-state index contributed by atoms with van der Waals surface area (Å²) in [5, 5.41) is 10.6. The molecule has 3 rings (SSSR count). The summed E-state index contributed by atoms with van der Waals surface area (Å²) in [7, 11) is 0. The molecule has 140 valence electrons. The van der Waals surface area contributed by atoms with Crippen molar-refractivity contribution in [1.29, 1.82) is 0 Å². The summed E-state index contributed by atoms with van der Waals surface area (Å²) in [6.45, 7) is 5.41. The van der Waals surface area contributed by atoms with Crippen molar-refractivity contribution < 1.29 is 19.3 Å². The fourth-order valence-corrected chi connectivity index (χ4v) is 3.28. The van der Waals surface area contributed by atoms with Crippen molar-refractivity contribution >= 4 is 0 Å². The second-order valence-corrected chi connectivity index (χ2v) is 7.05. The van der Waals surface area contributed by atoms with E-state index in [1.165, 1.54) is 0 Å². The van der Waals surface area contributed by atoms with Gasteiger partial charge in [-0.2, -0.15) is 0 Å². The number of rotatable bonds is 7. The summed E-state index contributed by atoms with van der Waals surface area (Å²) in [6.07, 6.45) is -1.10. The molecule has 1 aliphatic rings. The molecule has 4 nitrogen and oxygen atoms in total. The van der Waals surface area contributed by atoms with Crippen LogP contribution in [-0.2, 0) is 27.4 Å². The van der Waals surface area contributed by atoms with Crippen LogP contribution in [0.25, 0.3) is 0 Å². The summed E-state index contributed by atoms with van der Waals surface area (Å²) in [5.74, 6) is -0.0866. The smallest absolute Gasteiger partial charge is 0.163 e. The van der Waals surface area contributed by atoms with Crippen molar-refractivity contribution in [1.82, 2.24) is 0 Å². The van der Waals surface area contributed by atoms with Gasteiger partial charge >= 0.3 is 0 Å². The molecule has 5 atom stereocenters. The normalized spacial score (nSPS) is 28.8. The number of aliphatic hydroxyl groups excluding tert-OH is 1. The van der Waals surface area contributed by atoms with E-state index in [-0.39, 0.29) is 17.9 Å². The maximum atomic E-state index is 10.6. The van der Waals surface area contributed by atoms with Crippen LogP contribution in [0.15, 0.2) is 60.7 Å². The Labute approximate surface area is 155 Å². The van der Waals surface area contributed by atoms with E-state index in [0.29, 0.717) is 19.8 Å². The maximum absolute atomic E-state index is 10.6. The summed E-state index contributed by atoms with van der Waals surface area (Å²) in [4.78, 5) is 0. The van der Waals surface area contributed by atoms with E-state index in [1.54, 1.807) is 0 Å². The molecule has 1 aliphatic heterocycles. The molecule has 0 spiro atoms. The van der Waals surface area contributed by atoms with Gasteiger partial charge in [0.25, 0.3) is 0 Å². The molecule has 0 aliphatic carbocycles. The molecule has 3 unspecified atom stereocenters. The van der Waals surface area contributed by atoms with Crippen LogP contribution < -0.4 is 0 Å². The van der Waals surface area contributed by atoms with E-state index in [0.717, 1.165) is 11.1 Å². The Balaban J connectivity index is 1.53. The van der Waals surface area contributed by atoms with Gasteiger partial charge < -0.3 is 19.3 Å². The molecule has 1 fully saturated rings. The molecular weight excluding hydrogens is 328 g/mol. The maximum Gasteiger partial charge on any atom is 0.163 e. The summed E-state index contributed by atoms with van der Waals surface area (Å²) < 4.78 is 17.9. The van der Waals surface area contributed by atoms with Crippen LogP contribution in [-0.4, -0.2) is 30.2 Å². The van der Waals surface area contributed by atoms with Gasteiger partial charge in [-0.1, -0.05) is 74.5 Å². The summed E-state index contributed by atoms with van der Waals surface area (Å²) in [6, 6.07) is 20.1. The van der Waals surface area contributed by atoms with Crippen molar-refractivity contribution in [3.05, 3.63) is 71.8 Å². The standard InChI is InChI=1S/C22H28O4/c1-16-20(15-24-13-18-9-5-3-6-10-18)26-22(17(2)21(16)23)25-14-19-11-7-4-8-12-19/h3-12,16-17,20-23H,13-15H2,1-2H3/t16-,17?,20?,21?,22-/m1/s1. The lowest BCUT2D eigenvalue weighted by atomic mass is 9.86. The van der Waals surface area contributed by atoms with E-state index in [1.807, 2.05) is 74.5 Å². The first kappa shape index (κ1) is 19.1. The third-order valence-corrected chi connectivity index (χ3v) is 5.05. The zero-order valence-electron chi connectivity index (χ0n) is 15.5. The minimum absolute atomic E-state index is 0.00245. The zero-order chi connectivity index (χ0) is 18.4. The SMILES string of the molecule is CC1C(O)[C@H](C)C(COCc2ccccc2)O[C@H]1OCc1ccccc1. The molecule has 4 heteroatoms. The number of ether oxygens (including phenoxy) is 3. The van der Waals surface area contributed by atoms with E-state index in [9.17, 15) is 5.11 Å². The van der Waals surface area contributed by atoms with Crippen LogP contribution in [0.1, 0.15) is 25.0 Å². The Kier molecular flexibility index (Phi) is 6.80. The number of aliphatic hydroxyl groups is 1. The summed E-state index contributed by atoms with van der Waals surface area (Å²) in [5.41, 5.74) is 2.22. The highest BCUT2D eigenvalue weighted by Crippen LogP contribution is 2.31. The summed E-state index contributed by atoms with van der Waals surface area (Å²) >= 11 is 0. The van der Waals surface area contributed by atoms with Crippen LogP contribution in [0.4, 0.5) is 0 Å². The Morgan fingerprint density at radius 2 is 1.42 bits per heavy atom. The lowest BCUT2D eigenvalue weighted by Crippen LogP contribution is -2.51. The highest BCUT2D eigenvalue weighted by Gasteiger charge is 2.41. The Morgan fingerprint density at radius 3 is 2.04 bits per heavy atom. The lowest BCUT2D eigenvalue weighted by Gasteiger charge is -2.42. The number of hydrogen-bond acceptors (Lipinski definition) is 4. The molecule has 0 radical (unpaired) electrons. The van der Waals surface area contributed by atoms with E-state index >= 15 is 0 Å². The van der Waals surface area contributed by atoms with Crippen LogP contribution in [0.3, 0.4) is 0 Å². The minimum atomic E-state index is -0.477. The Morgan fingerprint density at radius 1 is 0.846 bits per heavy atom. The van der Waals surface area contributed by atoms with Gasteiger partial charge in [0.05, 0.1) is 32.0 Å². The first-order valence-electron chi connectivity index (χ1n) is 9.26. The molecular formula is C22H28O4. The topological polar surface area (TPSA) is 47.9 Å². The average molecular weight is 356 g/mol. The van der Waals surface area contributed by atoms with Crippen molar-refractivity contribution in [2.75, 3.05) is 6.61 Å². The van der Waals surface area contributed by atoms with Crippen LogP contribution >= 0.6 is 0 Å². The fourth-order valence-electron chi connectivity index (χ4n) is 3.28. The lowest BCUT2D eigenvalue weighted by molar-refractivity contribution is -0.273. The quantitative estimate of drug-likeness (QED) is 0.820. The molecule has 2 aromatic rings. The first-order chi connectivity index (χ1) is 12.6. The molecule has 0 amide bonds. The third kappa shape index (κ3) is 4.92. The molecule has 0 saturated carbocycles. The third-order valence-electron chi connectivity index (χ3n) is 5.05. The average Bonchev–Trinajstić information content (AvgIpc) is 2.69. The largest absolute Gasteiger partial charge is 0.392 e. The van der Waals surface area contributed by atoms with Crippen molar-refractivity contribution in [2.24, 2.45) is 11.8 Å². The van der Waals surface area contributed by atoms with Gasteiger partial charge in [-0.3, -0.25) is 0 Å². The minimum Gasteiger partial charge on any atom is -0.392 e. The molecule has 1 heterocycles. The van der Waals surface area contributed by atoms with Crippen molar-refractivity contribution in [3.8, 4) is 0 Å². The predicted octanol–water partition coefficient (Wildman–Crippen LogP) is 3.78. The van der Waals surface area contributed by atoms with Crippen molar-refractivity contribution in [2.45, 2.75) is 45.6 Å². The number of benzene rings is 2. The first-order valence-corrected chi connectivity index (χ1v) is 9.26. The van der Waals surface area contributed by atoms with Crippen LogP contribution in [0.2, 0.25) is 0 Å². The zero-order valence-corrected chi connectivity index (χ0v) is 15.5. The van der Waals surface area contributed by atoms with E-state index in [4.69, 9.17) is 14.2 Å². The molecule has 1 N–H and O–H groups in total. The van der Waals surface area contributed by atoms with Gasteiger partial charge in [0.15, 0.2) is 6.29 Å². The van der Waals surface area contributed by atoms with Gasteiger partial charge in [0.1, 0.15) is 0 Å². The van der Waals surface area contributed by atoms with Gasteiger partial charge in [-0.05, 0) is 11.1 Å². The van der Waals surface area contributed by atoms with E-state index < -0.39 is 12.4 Å². The monoisotopic (exact) mass is 356 g/mol. The molecule has 2 aromatic carbocycles. The number of hydrogen-bond donors (Lipinski definition) is 1. The second kappa shape index (κ2) is 9.28.